The molecule has 1 aromatic heterocycles. The summed E-state index contributed by atoms with van der Waals surface area (Å²) in [6.07, 6.45) is -5.20. The van der Waals surface area contributed by atoms with Crippen molar-refractivity contribution in [1.82, 2.24) is 4.90 Å². The largest absolute Gasteiger partial charge is 0.466 e. The molecule has 5 nitrogen and oxygen atoms in total. The zero-order valence-electron chi connectivity index (χ0n) is 15.6. The Morgan fingerprint density at radius 3 is 2.56 bits per heavy atom. The molecule has 0 saturated carbocycles. The predicted molar refractivity (Wildman–Crippen MR) is 95.1 cm³/mol. The molecular weight excluding hydrogens is 383 g/mol. The number of carbonyl (C=O) groups excluding carboxylic acids is 2. The normalized spacial score (nSPS) is 18.4. The van der Waals surface area contributed by atoms with Crippen LogP contribution < -0.4 is 0 Å². The van der Waals surface area contributed by atoms with E-state index >= 15 is 0 Å². The van der Waals surface area contributed by atoms with Crippen LogP contribution in [0.15, 0.2) is 6.07 Å². The number of nitrogens with zero attached hydrogens (tertiary/aromatic N) is 1. The Morgan fingerprint density at radius 2 is 1.96 bits per heavy atom. The summed E-state index contributed by atoms with van der Waals surface area (Å²) in [4.78, 5) is 26.1. The maximum atomic E-state index is 13.5. The molecule has 0 spiro atoms. The molecular formula is C18H24F3NO4S. The van der Waals surface area contributed by atoms with Gasteiger partial charge in [-0.3, -0.25) is 4.79 Å². The summed E-state index contributed by atoms with van der Waals surface area (Å²) >= 11 is 1.07. The van der Waals surface area contributed by atoms with Crippen molar-refractivity contribution in [3.63, 3.8) is 0 Å². The smallest absolute Gasteiger partial charge is 0.409 e. The van der Waals surface area contributed by atoms with Gasteiger partial charge < -0.3 is 14.4 Å². The fourth-order valence-electron chi connectivity index (χ4n) is 3.15. The van der Waals surface area contributed by atoms with Crippen molar-refractivity contribution in [2.75, 3.05) is 26.3 Å². The van der Waals surface area contributed by atoms with Gasteiger partial charge in [-0.1, -0.05) is 6.92 Å². The molecule has 2 rings (SSSR count). The van der Waals surface area contributed by atoms with E-state index in [2.05, 4.69) is 0 Å². The minimum Gasteiger partial charge on any atom is -0.466 e. The molecule has 2 unspecified atom stereocenters. The predicted octanol–water partition coefficient (Wildman–Crippen LogP) is 4.47. The lowest BCUT2D eigenvalue weighted by molar-refractivity contribution is -0.165. The van der Waals surface area contributed by atoms with Crippen LogP contribution in [-0.2, 0) is 20.7 Å². The fraction of sp³-hybridized carbons (Fsp3) is 0.667. The first-order valence-corrected chi connectivity index (χ1v) is 9.75. The van der Waals surface area contributed by atoms with Gasteiger partial charge in [0, 0.05) is 22.8 Å². The van der Waals surface area contributed by atoms with E-state index in [1.807, 2.05) is 6.92 Å². The molecule has 1 amide bonds. The van der Waals surface area contributed by atoms with Gasteiger partial charge in [0.15, 0.2) is 0 Å². The second-order valence-corrected chi connectivity index (χ2v) is 7.59. The molecule has 9 heteroatoms. The summed E-state index contributed by atoms with van der Waals surface area (Å²) in [6.45, 7) is 6.26. The van der Waals surface area contributed by atoms with Crippen LogP contribution in [0.5, 0.6) is 0 Å². The van der Waals surface area contributed by atoms with E-state index in [4.69, 9.17) is 9.47 Å². The maximum Gasteiger partial charge on any atom is 0.409 e. The van der Waals surface area contributed by atoms with E-state index < -0.39 is 30.6 Å². The minimum absolute atomic E-state index is 0.0467. The van der Waals surface area contributed by atoms with Crippen LogP contribution in [0.25, 0.3) is 0 Å². The number of amides is 1. The average molecular weight is 407 g/mol. The Kier molecular flexibility index (Phi) is 7.13. The number of rotatable bonds is 5. The van der Waals surface area contributed by atoms with Crippen molar-refractivity contribution >= 4 is 23.4 Å². The number of halogens is 3. The number of ether oxygens (including phenoxy) is 2. The highest BCUT2D eigenvalue weighted by molar-refractivity contribution is 7.12. The number of thiophene rings is 1. The van der Waals surface area contributed by atoms with Gasteiger partial charge in [0.25, 0.3) is 0 Å². The van der Waals surface area contributed by atoms with Crippen LogP contribution in [0.2, 0.25) is 0 Å². The number of alkyl halides is 3. The lowest BCUT2D eigenvalue weighted by atomic mass is 9.97. The Balaban J connectivity index is 2.23. The number of hydrogen-bond acceptors (Lipinski definition) is 5. The second kappa shape index (κ2) is 8.95. The first-order valence-electron chi connectivity index (χ1n) is 8.93. The Labute approximate surface area is 160 Å². The average Bonchev–Trinajstić information content (AvgIpc) is 2.93. The summed E-state index contributed by atoms with van der Waals surface area (Å²) in [6, 6.07) is 1.54. The molecule has 1 aliphatic rings. The maximum absolute atomic E-state index is 13.5. The van der Waals surface area contributed by atoms with Crippen LogP contribution >= 0.6 is 11.3 Å². The molecule has 1 aliphatic heterocycles. The zero-order valence-corrected chi connectivity index (χ0v) is 16.4. The quantitative estimate of drug-likeness (QED) is 0.676. The zero-order chi connectivity index (χ0) is 20.2. The highest BCUT2D eigenvalue weighted by Crippen LogP contribution is 2.44. The summed E-state index contributed by atoms with van der Waals surface area (Å²) in [7, 11) is 0. The van der Waals surface area contributed by atoms with Gasteiger partial charge in [0.2, 0.25) is 0 Å². The summed E-state index contributed by atoms with van der Waals surface area (Å²) in [5.74, 6) is -2.85. The number of esters is 1. The fourth-order valence-corrected chi connectivity index (χ4v) is 4.55. The van der Waals surface area contributed by atoms with E-state index in [1.165, 1.54) is 6.07 Å². The molecule has 0 fully saturated rings. The van der Waals surface area contributed by atoms with Gasteiger partial charge in [-0.05, 0) is 37.8 Å². The third kappa shape index (κ3) is 5.37. The first kappa shape index (κ1) is 21.5. The van der Waals surface area contributed by atoms with Crippen LogP contribution in [0, 0.1) is 0 Å². The van der Waals surface area contributed by atoms with Crippen molar-refractivity contribution in [3.05, 3.63) is 21.4 Å². The van der Waals surface area contributed by atoms with Crippen molar-refractivity contribution in [2.45, 2.75) is 51.6 Å². The van der Waals surface area contributed by atoms with Gasteiger partial charge in [-0.15, -0.1) is 11.3 Å². The SMILES string of the molecule is CCOC(=O)CC(c1cc2c(s1)CCN(C(=O)OCC)CC2C)C(F)(F)F. The van der Waals surface area contributed by atoms with Crippen molar-refractivity contribution < 1.29 is 32.2 Å². The number of fused-ring (bicyclic) bond motifs is 1. The lowest BCUT2D eigenvalue weighted by Crippen LogP contribution is -2.34. The summed E-state index contributed by atoms with van der Waals surface area (Å²) in [5, 5.41) is 0. The standard InChI is InChI=1S/C18H24F3NO4S/c1-4-25-16(23)9-13(18(19,20)21)15-8-12-11(3)10-22(17(24)26-5-2)7-6-14(12)27-15/h8,11,13H,4-7,9-10H2,1-3H3. The van der Waals surface area contributed by atoms with Crippen molar-refractivity contribution in [3.8, 4) is 0 Å². The van der Waals surface area contributed by atoms with E-state index in [9.17, 15) is 22.8 Å². The van der Waals surface area contributed by atoms with Crippen molar-refractivity contribution in [2.24, 2.45) is 0 Å². The topological polar surface area (TPSA) is 55.8 Å². The molecule has 0 aliphatic carbocycles. The highest BCUT2D eigenvalue weighted by Gasteiger charge is 2.44. The Hall–Kier alpha value is -1.77. The molecule has 0 radical (unpaired) electrons. The van der Waals surface area contributed by atoms with Crippen LogP contribution in [0.4, 0.5) is 18.0 Å². The van der Waals surface area contributed by atoms with Gasteiger partial charge in [0.05, 0.1) is 25.6 Å². The minimum atomic E-state index is -4.53. The Bertz CT molecular complexity index is 674. The summed E-state index contributed by atoms with van der Waals surface area (Å²) < 4.78 is 50.3. The third-order valence-electron chi connectivity index (χ3n) is 4.44. The van der Waals surface area contributed by atoms with Crippen LogP contribution in [0.1, 0.15) is 54.3 Å². The molecule has 0 N–H and O–H groups in total. The van der Waals surface area contributed by atoms with Gasteiger partial charge in [0.1, 0.15) is 0 Å². The van der Waals surface area contributed by atoms with E-state index in [0.29, 0.717) is 19.5 Å². The molecule has 0 bridgehead atoms. The summed E-state index contributed by atoms with van der Waals surface area (Å²) in [5.41, 5.74) is 0.805. The van der Waals surface area contributed by atoms with Crippen molar-refractivity contribution in [1.29, 1.82) is 0 Å². The first-order chi connectivity index (χ1) is 12.7. The number of hydrogen-bond donors (Lipinski definition) is 0. The molecule has 0 aromatic carbocycles. The molecule has 27 heavy (non-hydrogen) atoms. The van der Waals surface area contributed by atoms with E-state index in [1.54, 1.807) is 18.7 Å². The lowest BCUT2D eigenvalue weighted by Gasteiger charge is -2.22. The van der Waals surface area contributed by atoms with Crippen LogP contribution in [-0.4, -0.2) is 49.4 Å². The number of carbonyl (C=O) groups is 2. The molecule has 152 valence electrons. The van der Waals surface area contributed by atoms with E-state index in [0.717, 1.165) is 21.8 Å². The highest BCUT2D eigenvalue weighted by atomic mass is 32.1. The van der Waals surface area contributed by atoms with Crippen LogP contribution in [0.3, 0.4) is 0 Å². The third-order valence-corrected chi connectivity index (χ3v) is 5.76. The Morgan fingerprint density at radius 1 is 1.30 bits per heavy atom. The van der Waals surface area contributed by atoms with E-state index in [-0.39, 0.29) is 24.0 Å². The molecule has 2 heterocycles. The molecule has 1 aromatic rings. The monoisotopic (exact) mass is 407 g/mol. The molecule has 2 atom stereocenters. The molecule has 0 saturated heterocycles. The van der Waals surface area contributed by atoms with Gasteiger partial charge in [-0.25, -0.2) is 4.79 Å². The second-order valence-electron chi connectivity index (χ2n) is 6.43. The van der Waals surface area contributed by atoms with Gasteiger partial charge >= 0.3 is 18.2 Å². The van der Waals surface area contributed by atoms with Gasteiger partial charge in [-0.2, -0.15) is 13.2 Å².